The first kappa shape index (κ1) is 12.9. The van der Waals surface area contributed by atoms with Gasteiger partial charge in [-0.2, -0.15) is 0 Å². The number of hydrogen-bond acceptors (Lipinski definition) is 4. The Labute approximate surface area is 118 Å². The van der Waals surface area contributed by atoms with Crippen LogP contribution in [-0.2, 0) is 4.79 Å². The van der Waals surface area contributed by atoms with Gasteiger partial charge in [-0.3, -0.25) is 4.79 Å². The molecule has 1 amide bonds. The summed E-state index contributed by atoms with van der Waals surface area (Å²) in [6, 6.07) is 3.78. The van der Waals surface area contributed by atoms with Crippen molar-refractivity contribution in [3.05, 3.63) is 24.5 Å². The number of rotatable bonds is 2. The van der Waals surface area contributed by atoms with Crippen LogP contribution in [0.25, 0.3) is 5.65 Å². The van der Waals surface area contributed by atoms with Crippen LogP contribution in [-0.4, -0.2) is 52.1 Å². The normalized spacial score (nSPS) is 19.3. The average Bonchev–Trinajstić information content (AvgIpc) is 2.93. The van der Waals surface area contributed by atoms with E-state index in [1.807, 2.05) is 32.4 Å². The van der Waals surface area contributed by atoms with Gasteiger partial charge in [0.05, 0.1) is 0 Å². The standard InChI is InChI=1S/C14H19N5O/c1-17(2)14(20)11-5-3-4-9-18(11)13-7-6-12-15-8-10-19(12)16-13/h6-8,10-11H,3-5,9H2,1-2H3. The van der Waals surface area contributed by atoms with Gasteiger partial charge in [0.1, 0.15) is 11.9 Å². The van der Waals surface area contributed by atoms with Crippen LogP contribution >= 0.6 is 0 Å². The van der Waals surface area contributed by atoms with E-state index < -0.39 is 0 Å². The maximum absolute atomic E-state index is 12.3. The van der Waals surface area contributed by atoms with Gasteiger partial charge in [-0.05, 0) is 31.4 Å². The number of piperidine rings is 1. The molecular formula is C14H19N5O. The van der Waals surface area contributed by atoms with Crippen LogP contribution < -0.4 is 4.90 Å². The third-order valence-electron chi connectivity index (χ3n) is 3.76. The number of nitrogens with zero attached hydrogens (tertiary/aromatic N) is 5. The Kier molecular flexibility index (Phi) is 3.30. The molecule has 2 aromatic rings. The maximum Gasteiger partial charge on any atom is 0.244 e. The number of imidazole rings is 1. The molecule has 0 aliphatic carbocycles. The highest BCUT2D eigenvalue weighted by atomic mass is 16.2. The van der Waals surface area contributed by atoms with Crippen LogP contribution in [0, 0.1) is 0 Å². The first-order valence-corrected chi connectivity index (χ1v) is 6.95. The predicted molar refractivity (Wildman–Crippen MR) is 76.7 cm³/mol. The monoisotopic (exact) mass is 273 g/mol. The third kappa shape index (κ3) is 2.21. The zero-order valence-electron chi connectivity index (χ0n) is 11.9. The summed E-state index contributed by atoms with van der Waals surface area (Å²) < 4.78 is 1.75. The summed E-state index contributed by atoms with van der Waals surface area (Å²) in [5.41, 5.74) is 0.821. The minimum absolute atomic E-state index is 0.104. The molecule has 0 bridgehead atoms. The van der Waals surface area contributed by atoms with Gasteiger partial charge >= 0.3 is 0 Å². The Hall–Kier alpha value is -2.11. The van der Waals surface area contributed by atoms with Crippen LogP contribution in [0.1, 0.15) is 19.3 Å². The Morgan fingerprint density at radius 1 is 1.35 bits per heavy atom. The minimum atomic E-state index is -0.104. The summed E-state index contributed by atoms with van der Waals surface area (Å²) >= 11 is 0. The first-order valence-electron chi connectivity index (χ1n) is 6.95. The lowest BCUT2D eigenvalue weighted by atomic mass is 10.0. The highest BCUT2D eigenvalue weighted by Gasteiger charge is 2.30. The van der Waals surface area contributed by atoms with Gasteiger partial charge in [0, 0.05) is 33.0 Å². The van der Waals surface area contributed by atoms with Gasteiger partial charge < -0.3 is 9.80 Å². The third-order valence-corrected chi connectivity index (χ3v) is 3.76. The molecule has 6 heteroatoms. The SMILES string of the molecule is CN(C)C(=O)C1CCCCN1c1ccc2nccn2n1. The number of anilines is 1. The Morgan fingerprint density at radius 3 is 3.00 bits per heavy atom. The fraction of sp³-hybridized carbons (Fsp3) is 0.500. The van der Waals surface area contributed by atoms with Crippen molar-refractivity contribution < 1.29 is 4.79 Å². The number of carbonyl (C=O) groups is 1. The van der Waals surface area contributed by atoms with Crippen molar-refractivity contribution in [2.75, 3.05) is 25.5 Å². The van der Waals surface area contributed by atoms with Gasteiger partial charge in [-0.1, -0.05) is 0 Å². The summed E-state index contributed by atoms with van der Waals surface area (Å²) in [6.45, 7) is 0.872. The van der Waals surface area contributed by atoms with Gasteiger partial charge in [-0.25, -0.2) is 9.50 Å². The minimum Gasteiger partial charge on any atom is -0.347 e. The average molecular weight is 273 g/mol. The van der Waals surface area contributed by atoms with Crippen LogP contribution in [0.5, 0.6) is 0 Å². The Morgan fingerprint density at radius 2 is 2.20 bits per heavy atom. The second-order valence-electron chi connectivity index (χ2n) is 5.36. The van der Waals surface area contributed by atoms with E-state index in [1.54, 1.807) is 15.6 Å². The molecule has 1 aliphatic rings. The Balaban J connectivity index is 1.94. The molecule has 3 heterocycles. The van der Waals surface area contributed by atoms with E-state index in [4.69, 9.17) is 0 Å². The smallest absolute Gasteiger partial charge is 0.244 e. The largest absolute Gasteiger partial charge is 0.347 e. The maximum atomic E-state index is 12.3. The molecule has 0 radical (unpaired) electrons. The van der Waals surface area contributed by atoms with E-state index in [1.165, 1.54) is 0 Å². The molecule has 1 unspecified atom stereocenters. The first-order chi connectivity index (χ1) is 9.66. The number of fused-ring (bicyclic) bond motifs is 1. The van der Waals surface area contributed by atoms with E-state index in [9.17, 15) is 4.79 Å². The number of hydrogen-bond donors (Lipinski definition) is 0. The molecule has 20 heavy (non-hydrogen) atoms. The van der Waals surface area contributed by atoms with Gasteiger partial charge in [0.2, 0.25) is 5.91 Å². The van der Waals surface area contributed by atoms with Crippen LogP contribution in [0.3, 0.4) is 0 Å². The summed E-state index contributed by atoms with van der Waals surface area (Å²) in [7, 11) is 3.61. The zero-order chi connectivity index (χ0) is 14.1. The molecule has 0 N–H and O–H groups in total. The van der Waals surface area contributed by atoms with E-state index in [2.05, 4.69) is 15.0 Å². The fourth-order valence-electron chi connectivity index (χ4n) is 2.72. The molecule has 3 rings (SSSR count). The second-order valence-corrected chi connectivity index (χ2v) is 5.36. The molecule has 0 saturated carbocycles. The lowest BCUT2D eigenvalue weighted by Gasteiger charge is -2.36. The second kappa shape index (κ2) is 5.11. The van der Waals surface area contributed by atoms with E-state index >= 15 is 0 Å². The quantitative estimate of drug-likeness (QED) is 0.824. The lowest BCUT2D eigenvalue weighted by molar-refractivity contribution is -0.130. The lowest BCUT2D eigenvalue weighted by Crippen LogP contribution is -2.49. The van der Waals surface area contributed by atoms with Crippen LogP contribution in [0.4, 0.5) is 5.82 Å². The van der Waals surface area contributed by atoms with Gasteiger partial charge in [0.15, 0.2) is 5.65 Å². The number of likely N-dealkylation sites (N-methyl/N-ethyl adjacent to an activating group) is 1. The summed E-state index contributed by atoms with van der Waals surface area (Å²) in [6.07, 6.45) is 6.63. The summed E-state index contributed by atoms with van der Waals surface area (Å²) in [4.78, 5) is 20.3. The molecule has 0 aromatic carbocycles. The summed E-state index contributed by atoms with van der Waals surface area (Å²) in [5.74, 6) is 0.993. The Bertz CT molecular complexity index is 621. The van der Waals surface area contributed by atoms with E-state index in [-0.39, 0.29) is 11.9 Å². The molecule has 2 aromatic heterocycles. The molecule has 0 spiro atoms. The fourth-order valence-corrected chi connectivity index (χ4v) is 2.72. The molecule has 1 fully saturated rings. The number of carbonyl (C=O) groups excluding carboxylic acids is 1. The highest BCUT2D eigenvalue weighted by molar-refractivity contribution is 5.84. The molecule has 1 aliphatic heterocycles. The highest BCUT2D eigenvalue weighted by Crippen LogP contribution is 2.24. The van der Waals surface area contributed by atoms with Crippen molar-refractivity contribution in [3.8, 4) is 0 Å². The van der Waals surface area contributed by atoms with Crippen molar-refractivity contribution >= 4 is 17.4 Å². The van der Waals surface area contributed by atoms with E-state index in [0.717, 1.165) is 37.3 Å². The van der Waals surface area contributed by atoms with Gasteiger partial charge in [-0.15, -0.1) is 5.10 Å². The molecule has 6 nitrogen and oxygen atoms in total. The molecular weight excluding hydrogens is 254 g/mol. The molecule has 1 saturated heterocycles. The van der Waals surface area contributed by atoms with E-state index in [0.29, 0.717) is 0 Å². The van der Waals surface area contributed by atoms with Crippen molar-refractivity contribution in [1.82, 2.24) is 19.5 Å². The molecule has 1 atom stereocenters. The van der Waals surface area contributed by atoms with Crippen LogP contribution in [0.2, 0.25) is 0 Å². The predicted octanol–water partition coefficient (Wildman–Crippen LogP) is 1.18. The van der Waals surface area contributed by atoms with Crippen molar-refractivity contribution in [3.63, 3.8) is 0 Å². The molecule has 106 valence electrons. The summed E-state index contributed by atoms with van der Waals surface area (Å²) in [5, 5.41) is 4.56. The number of amides is 1. The zero-order valence-corrected chi connectivity index (χ0v) is 11.9. The van der Waals surface area contributed by atoms with Crippen molar-refractivity contribution in [1.29, 1.82) is 0 Å². The van der Waals surface area contributed by atoms with Crippen molar-refractivity contribution in [2.24, 2.45) is 0 Å². The topological polar surface area (TPSA) is 53.7 Å². The van der Waals surface area contributed by atoms with Crippen molar-refractivity contribution in [2.45, 2.75) is 25.3 Å². The van der Waals surface area contributed by atoms with Gasteiger partial charge in [0.25, 0.3) is 0 Å². The number of aromatic nitrogens is 3. The van der Waals surface area contributed by atoms with Crippen LogP contribution in [0.15, 0.2) is 24.5 Å².